The third kappa shape index (κ3) is 5.29. The Bertz CT molecular complexity index is 586. The third-order valence-electron chi connectivity index (χ3n) is 5.28. The van der Waals surface area contributed by atoms with Crippen LogP contribution >= 0.6 is 0 Å². The molecule has 7 heteroatoms. The Morgan fingerprint density at radius 1 is 1.04 bits per heavy atom. The molecule has 0 saturated heterocycles. The van der Waals surface area contributed by atoms with Crippen LogP contribution in [-0.4, -0.2) is 39.7 Å². The van der Waals surface area contributed by atoms with Crippen molar-refractivity contribution in [3.05, 3.63) is 18.0 Å². The zero-order valence-electron chi connectivity index (χ0n) is 14.7. The number of nitrogens with zero attached hydrogens (tertiary/aromatic N) is 2. The van der Waals surface area contributed by atoms with Crippen LogP contribution in [0.15, 0.2) is 12.4 Å². The molecule has 2 fully saturated rings. The van der Waals surface area contributed by atoms with Crippen LogP contribution in [0.5, 0.6) is 0 Å². The first-order chi connectivity index (χ1) is 12.1. The van der Waals surface area contributed by atoms with Crippen molar-refractivity contribution in [2.45, 2.75) is 82.5 Å². The van der Waals surface area contributed by atoms with Crippen LogP contribution in [0, 0.1) is 0 Å². The molecule has 1 heterocycles. The first-order valence-corrected chi connectivity index (χ1v) is 9.48. The van der Waals surface area contributed by atoms with Crippen molar-refractivity contribution < 1.29 is 9.59 Å². The third-order valence-corrected chi connectivity index (χ3v) is 5.28. The van der Waals surface area contributed by atoms with Crippen molar-refractivity contribution >= 4 is 11.8 Å². The van der Waals surface area contributed by atoms with E-state index in [1.54, 1.807) is 6.20 Å². The fourth-order valence-electron chi connectivity index (χ4n) is 3.77. The average molecular weight is 347 g/mol. The topological polar surface area (TPSA) is 102 Å². The van der Waals surface area contributed by atoms with Gasteiger partial charge in [0.25, 0.3) is 5.91 Å². The van der Waals surface area contributed by atoms with Gasteiger partial charge in [0.1, 0.15) is 6.54 Å². The number of nitrogens with one attached hydrogen (secondary N) is 2. The Hall–Kier alpha value is -1.89. The van der Waals surface area contributed by atoms with Gasteiger partial charge in [-0.05, 0) is 38.5 Å². The van der Waals surface area contributed by atoms with E-state index in [-0.39, 0.29) is 36.5 Å². The first-order valence-electron chi connectivity index (χ1n) is 9.48. The van der Waals surface area contributed by atoms with Gasteiger partial charge < -0.3 is 16.4 Å². The van der Waals surface area contributed by atoms with Crippen molar-refractivity contribution in [2.24, 2.45) is 5.73 Å². The zero-order valence-corrected chi connectivity index (χ0v) is 14.7. The number of amides is 2. The van der Waals surface area contributed by atoms with Gasteiger partial charge in [-0.1, -0.05) is 19.3 Å². The highest BCUT2D eigenvalue weighted by Crippen LogP contribution is 2.18. The number of nitrogens with two attached hydrogens (primary N) is 1. The van der Waals surface area contributed by atoms with Gasteiger partial charge in [0, 0.05) is 24.3 Å². The maximum atomic E-state index is 12.3. The molecule has 0 aliphatic heterocycles. The monoisotopic (exact) mass is 347 g/mol. The summed E-state index contributed by atoms with van der Waals surface area (Å²) in [6, 6.07) is 0.737. The van der Waals surface area contributed by atoms with E-state index in [4.69, 9.17) is 5.73 Å². The van der Waals surface area contributed by atoms with Gasteiger partial charge in [-0.2, -0.15) is 5.10 Å². The maximum Gasteiger partial charge on any atom is 0.254 e. The van der Waals surface area contributed by atoms with Crippen LogP contribution in [0.2, 0.25) is 0 Å². The van der Waals surface area contributed by atoms with Gasteiger partial charge in [-0.25, -0.2) is 0 Å². The maximum absolute atomic E-state index is 12.3. The van der Waals surface area contributed by atoms with E-state index in [1.165, 1.54) is 30.1 Å². The minimum atomic E-state index is -0.126. The predicted octanol–water partition coefficient (Wildman–Crippen LogP) is 1.33. The van der Waals surface area contributed by atoms with E-state index < -0.39 is 0 Å². The predicted molar refractivity (Wildman–Crippen MR) is 94.9 cm³/mol. The molecule has 0 radical (unpaired) electrons. The lowest BCUT2D eigenvalue weighted by Gasteiger charge is -2.26. The lowest BCUT2D eigenvalue weighted by Crippen LogP contribution is -2.40. The molecular formula is C18H29N5O2. The standard InChI is InChI=1S/C18H29N5O2/c19-14-6-8-16(9-7-14)22-18(25)13-10-20-23(11-13)12-17(24)21-15-4-2-1-3-5-15/h10-11,14-16H,1-9,12,19H2,(H,21,24)(H,22,25). The van der Waals surface area contributed by atoms with E-state index in [0.717, 1.165) is 38.5 Å². The molecule has 7 nitrogen and oxygen atoms in total. The lowest BCUT2D eigenvalue weighted by molar-refractivity contribution is -0.122. The second-order valence-electron chi connectivity index (χ2n) is 7.41. The van der Waals surface area contributed by atoms with Crippen molar-refractivity contribution in [2.75, 3.05) is 0 Å². The summed E-state index contributed by atoms with van der Waals surface area (Å²) in [5.74, 6) is -0.164. The van der Waals surface area contributed by atoms with Crippen molar-refractivity contribution in [1.29, 1.82) is 0 Å². The molecule has 25 heavy (non-hydrogen) atoms. The van der Waals surface area contributed by atoms with Crippen LogP contribution in [0.4, 0.5) is 0 Å². The first kappa shape index (κ1) is 17.9. The number of hydrogen-bond acceptors (Lipinski definition) is 4. The number of carbonyl (C=O) groups is 2. The molecule has 2 aliphatic carbocycles. The molecular weight excluding hydrogens is 318 g/mol. The molecule has 0 spiro atoms. The molecule has 1 aromatic rings. The van der Waals surface area contributed by atoms with Crippen molar-refractivity contribution in [3.63, 3.8) is 0 Å². The fraction of sp³-hybridized carbons (Fsp3) is 0.722. The number of rotatable bonds is 5. The molecule has 138 valence electrons. The van der Waals surface area contributed by atoms with Crippen LogP contribution in [-0.2, 0) is 11.3 Å². The summed E-state index contributed by atoms with van der Waals surface area (Å²) in [5, 5.41) is 10.3. The summed E-state index contributed by atoms with van der Waals surface area (Å²) in [6.45, 7) is 0.155. The van der Waals surface area contributed by atoms with E-state index in [2.05, 4.69) is 15.7 Å². The Labute approximate surface area is 148 Å². The van der Waals surface area contributed by atoms with Crippen LogP contribution in [0.25, 0.3) is 0 Å². The van der Waals surface area contributed by atoms with Crippen molar-refractivity contribution in [1.82, 2.24) is 20.4 Å². The molecule has 0 atom stereocenters. The van der Waals surface area contributed by atoms with Gasteiger partial charge in [0.05, 0.1) is 11.8 Å². The van der Waals surface area contributed by atoms with E-state index in [1.807, 2.05) is 0 Å². The summed E-state index contributed by atoms with van der Waals surface area (Å²) in [5.41, 5.74) is 6.39. The van der Waals surface area contributed by atoms with Crippen LogP contribution < -0.4 is 16.4 Å². The molecule has 4 N–H and O–H groups in total. The van der Waals surface area contributed by atoms with Gasteiger partial charge >= 0.3 is 0 Å². The van der Waals surface area contributed by atoms with Gasteiger partial charge in [-0.3, -0.25) is 14.3 Å². The largest absolute Gasteiger partial charge is 0.352 e. The Kier molecular flexibility index (Phi) is 6.07. The minimum Gasteiger partial charge on any atom is -0.352 e. The number of hydrogen-bond donors (Lipinski definition) is 3. The van der Waals surface area contributed by atoms with Crippen LogP contribution in [0.1, 0.15) is 68.1 Å². The van der Waals surface area contributed by atoms with E-state index >= 15 is 0 Å². The van der Waals surface area contributed by atoms with Gasteiger partial charge in [0.2, 0.25) is 5.91 Å². The lowest BCUT2D eigenvalue weighted by atomic mass is 9.92. The summed E-state index contributed by atoms with van der Waals surface area (Å²) in [6.07, 6.45) is 12.7. The molecule has 1 aromatic heterocycles. The van der Waals surface area contributed by atoms with Gasteiger partial charge in [0.15, 0.2) is 0 Å². The average Bonchev–Trinajstić information content (AvgIpc) is 3.06. The molecule has 0 aromatic carbocycles. The zero-order chi connectivity index (χ0) is 17.6. The second kappa shape index (κ2) is 8.47. The van der Waals surface area contributed by atoms with Crippen LogP contribution in [0.3, 0.4) is 0 Å². The minimum absolute atomic E-state index is 0.0387. The normalized spacial score (nSPS) is 24.7. The number of aromatic nitrogens is 2. The number of carbonyl (C=O) groups excluding carboxylic acids is 2. The van der Waals surface area contributed by atoms with Crippen molar-refractivity contribution in [3.8, 4) is 0 Å². The summed E-state index contributed by atoms with van der Waals surface area (Å²) in [7, 11) is 0. The summed E-state index contributed by atoms with van der Waals surface area (Å²) < 4.78 is 1.53. The highest BCUT2D eigenvalue weighted by Gasteiger charge is 2.21. The summed E-state index contributed by atoms with van der Waals surface area (Å²) in [4.78, 5) is 24.4. The Morgan fingerprint density at radius 2 is 1.72 bits per heavy atom. The molecule has 0 unspecified atom stereocenters. The highest BCUT2D eigenvalue weighted by atomic mass is 16.2. The SMILES string of the molecule is NC1CCC(NC(=O)c2cnn(CC(=O)NC3CCCCC3)c2)CC1. The second-order valence-corrected chi connectivity index (χ2v) is 7.41. The quantitative estimate of drug-likeness (QED) is 0.748. The Morgan fingerprint density at radius 3 is 2.44 bits per heavy atom. The van der Waals surface area contributed by atoms with E-state index in [0.29, 0.717) is 5.56 Å². The summed E-state index contributed by atoms with van der Waals surface area (Å²) >= 11 is 0. The molecule has 0 bridgehead atoms. The highest BCUT2D eigenvalue weighted by molar-refractivity contribution is 5.94. The molecule has 2 amide bonds. The van der Waals surface area contributed by atoms with Gasteiger partial charge in [-0.15, -0.1) is 0 Å². The molecule has 2 saturated carbocycles. The molecule has 2 aliphatic rings. The molecule has 3 rings (SSSR count). The van der Waals surface area contributed by atoms with E-state index in [9.17, 15) is 9.59 Å². The smallest absolute Gasteiger partial charge is 0.254 e. The Balaban J connectivity index is 1.46. The fourth-order valence-corrected chi connectivity index (χ4v) is 3.77.